The van der Waals surface area contributed by atoms with E-state index in [9.17, 15) is 14.4 Å². The molecule has 0 spiro atoms. The van der Waals surface area contributed by atoms with Gasteiger partial charge >= 0.3 is 11.9 Å². The quantitative estimate of drug-likeness (QED) is 0.600. The minimum atomic E-state index is -0.566. The molecule has 0 aliphatic heterocycles. The molecule has 0 aliphatic carbocycles. The van der Waals surface area contributed by atoms with Gasteiger partial charge in [0.1, 0.15) is 18.0 Å². The van der Waals surface area contributed by atoms with Crippen molar-refractivity contribution in [2.45, 2.75) is 65.3 Å². The SMILES string of the molecule is CO[C@H](C)CC(=O)O[C@@H](C)CC(=O)O[C@@H](C)CC(C)=O. The number of hydrogen-bond acceptors (Lipinski definition) is 6. The van der Waals surface area contributed by atoms with Crippen LogP contribution in [0.25, 0.3) is 0 Å². The molecule has 0 bridgehead atoms. The summed E-state index contributed by atoms with van der Waals surface area (Å²) in [6.45, 7) is 6.46. The molecule has 0 saturated heterocycles. The van der Waals surface area contributed by atoms with Gasteiger partial charge in [-0.3, -0.25) is 14.4 Å². The maximum atomic E-state index is 11.6. The molecule has 0 radical (unpaired) electrons. The number of methoxy groups -OCH3 is 1. The Kier molecular flexibility index (Phi) is 8.79. The molecule has 0 heterocycles. The second-order valence-electron chi connectivity index (χ2n) is 4.96. The first kappa shape index (κ1) is 18.6. The highest BCUT2D eigenvalue weighted by atomic mass is 16.6. The van der Waals surface area contributed by atoms with Gasteiger partial charge in [0.05, 0.1) is 18.9 Å². The summed E-state index contributed by atoms with van der Waals surface area (Å²) in [6, 6.07) is 0. The minimum Gasteiger partial charge on any atom is -0.462 e. The van der Waals surface area contributed by atoms with Gasteiger partial charge in [-0.05, 0) is 27.7 Å². The summed E-state index contributed by atoms with van der Waals surface area (Å²) in [7, 11) is 1.51. The number of hydrogen-bond donors (Lipinski definition) is 0. The fourth-order valence-electron chi connectivity index (χ4n) is 1.59. The molecule has 20 heavy (non-hydrogen) atoms. The third kappa shape index (κ3) is 9.49. The van der Waals surface area contributed by atoms with E-state index in [4.69, 9.17) is 14.2 Å². The Morgan fingerprint density at radius 3 is 1.60 bits per heavy atom. The van der Waals surface area contributed by atoms with Crippen LogP contribution in [-0.4, -0.2) is 43.1 Å². The summed E-state index contributed by atoms with van der Waals surface area (Å²) in [5.41, 5.74) is 0. The number of Topliss-reactive ketones (excluding diaryl/α,β-unsaturated/α-hetero) is 1. The van der Waals surface area contributed by atoms with Crippen LogP contribution in [0.15, 0.2) is 0 Å². The topological polar surface area (TPSA) is 78.9 Å². The van der Waals surface area contributed by atoms with Crippen LogP contribution in [0.3, 0.4) is 0 Å². The van der Waals surface area contributed by atoms with E-state index >= 15 is 0 Å². The summed E-state index contributed by atoms with van der Waals surface area (Å²) in [6.07, 6.45) is -0.964. The fraction of sp³-hybridized carbons (Fsp3) is 0.786. The van der Waals surface area contributed by atoms with Gasteiger partial charge in [0, 0.05) is 13.5 Å². The third-order valence-electron chi connectivity index (χ3n) is 2.55. The van der Waals surface area contributed by atoms with Crippen molar-refractivity contribution in [2.75, 3.05) is 7.11 Å². The molecular weight excluding hydrogens is 264 g/mol. The lowest BCUT2D eigenvalue weighted by Gasteiger charge is -2.16. The molecule has 0 amide bonds. The van der Waals surface area contributed by atoms with E-state index in [1.54, 1.807) is 20.8 Å². The van der Waals surface area contributed by atoms with Crippen molar-refractivity contribution >= 4 is 17.7 Å². The van der Waals surface area contributed by atoms with Crippen LogP contribution in [0.5, 0.6) is 0 Å². The van der Waals surface area contributed by atoms with Gasteiger partial charge in [-0.15, -0.1) is 0 Å². The first-order valence-corrected chi connectivity index (χ1v) is 6.65. The predicted molar refractivity (Wildman–Crippen MR) is 72.1 cm³/mol. The third-order valence-corrected chi connectivity index (χ3v) is 2.55. The summed E-state index contributed by atoms with van der Waals surface area (Å²) < 4.78 is 15.1. The Morgan fingerprint density at radius 2 is 1.20 bits per heavy atom. The van der Waals surface area contributed by atoms with Gasteiger partial charge in [0.15, 0.2) is 0 Å². The van der Waals surface area contributed by atoms with Crippen molar-refractivity contribution in [1.29, 1.82) is 0 Å². The molecule has 0 unspecified atom stereocenters. The highest BCUT2D eigenvalue weighted by molar-refractivity contribution is 5.77. The highest BCUT2D eigenvalue weighted by Gasteiger charge is 2.18. The predicted octanol–water partition coefficient (Wildman–Crippen LogP) is 1.64. The lowest BCUT2D eigenvalue weighted by atomic mass is 10.2. The zero-order chi connectivity index (χ0) is 15.7. The van der Waals surface area contributed by atoms with E-state index in [0.29, 0.717) is 0 Å². The summed E-state index contributed by atoms with van der Waals surface area (Å²) in [5, 5.41) is 0. The summed E-state index contributed by atoms with van der Waals surface area (Å²) in [4.78, 5) is 33.9. The number of ketones is 1. The van der Waals surface area contributed by atoms with Crippen LogP contribution >= 0.6 is 0 Å². The molecule has 3 atom stereocenters. The van der Waals surface area contributed by atoms with Crippen LogP contribution < -0.4 is 0 Å². The standard InChI is InChI=1S/C14H24O6/c1-9(15)6-11(3)19-14(17)8-12(4)20-13(16)7-10(2)18-5/h10-12H,6-8H2,1-5H3/t10-,11+,12+/m1/s1. The van der Waals surface area contributed by atoms with Crippen LogP contribution in [-0.2, 0) is 28.6 Å². The lowest BCUT2D eigenvalue weighted by molar-refractivity contribution is -0.157. The van der Waals surface area contributed by atoms with Crippen LogP contribution in [0.4, 0.5) is 0 Å². The van der Waals surface area contributed by atoms with Gasteiger partial charge < -0.3 is 14.2 Å². The summed E-state index contributed by atoms with van der Waals surface area (Å²) in [5.74, 6) is -0.950. The largest absolute Gasteiger partial charge is 0.462 e. The van der Waals surface area contributed by atoms with E-state index in [-0.39, 0.29) is 31.1 Å². The van der Waals surface area contributed by atoms with Gasteiger partial charge in [-0.25, -0.2) is 0 Å². The van der Waals surface area contributed by atoms with E-state index in [2.05, 4.69) is 0 Å². The Hall–Kier alpha value is -1.43. The Morgan fingerprint density at radius 1 is 0.800 bits per heavy atom. The van der Waals surface area contributed by atoms with Gasteiger partial charge in [0.2, 0.25) is 0 Å². The highest BCUT2D eigenvalue weighted by Crippen LogP contribution is 2.07. The van der Waals surface area contributed by atoms with Crippen molar-refractivity contribution in [1.82, 2.24) is 0 Å². The molecule has 0 aromatic carbocycles. The normalized spacial score (nSPS) is 15.1. The summed E-state index contributed by atoms with van der Waals surface area (Å²) >= 11 is 0. The lowest BCUT2D eigenvalue weighted by Crippen LogP contribution is -2.25. The van der Waals surface area contributed by atoms with Crippen LogP contribution in [0.1, 0.15) is 47.0 Å². The molecule has 0 aromatic heterocycles. The monoisotopic (exact) mass is 288 g/mol. The molecule has 116 valence electrons. The average Bonchev–Trinajstić information content (AvgIpc) is 2.26. The molecule has 6 nitrogen and oxygen atoms in total. The van der Waals surface area contributed by atoms with E-state index < -0.39 is 24.1 Å². The molecule has 6 heteroatoms. The van der Waals surface area contributed by atoms with Crippen molar-refractivity contribution in [3.8, 4) is 0 Å². The first-order chi connectivity index (χ1) is 9.24. The van der Waals surface area contributed by atoms with Gasteiger partial charge in [0.25, 0.3) is 0 Å². The molecule has 0 rings (SSSR count). The number of carbonyl (C=O) groups excluding carboxylic acids is 3. The smallest absolute Gasteiger partial charge is 0.309 e. The van der Waals surface area contributed by atoms with Crippen molar-refractivity contribution in [2.24, 2.45) is 0 Å². The maximum absolute atomic E-state index is 11.6. The van der Waals surface area contributed by atoms with Crippen molar-refractivity contribution in [3.63, 3.8) is 0 Å². The number of ether oxygens (including phenoxy) is 3. The molecule has 0 saturated carbocycles. The Balaban J connectivity index is 4.01. The maximum Gasteiger partial charge on any atom is 0.309 e. The van der Waals surface area contributed by atoms with Crippen molar-refractivity contribution in [3.05, 3.63) is 0 Å². The van der Waals surface area contributed by atoms with Crippen LogP contribution in [0.2, 0.25) is 0 Å². The van der Waals surface area contributed by atoms with Crippen molar-refractivity contribution < 1.29 is 28.6 Å². The van der Waals surface area contributed by atoms with Gasteiger partial charge in [-0.2, -0.15) is 0 Å². The molecule has 0 aliphatic rings. The number of esters is 2. The van der Waals surface area contributed by atoms with Gasteiger partial charge in [-0.1, -0.05) is 0 Å². The molecular formula is C14H24O6. The second kappa shape index (κ2) is 9.47. The Labute approximate surface area is 119 Å². The number of rotatable bonds is 9. The molecule has 0 fully saturated rings. The molecule has 0 N–H and O–H groups in total. The van der Waals surface area contributed by atoms with Crippen LogP contribution in [0, 0.1) is 0 Å². The minimum absolute atomic E-state index is 0.0324. The second-order valence-corrected chi connectivity index (χ2v) is 4.96. The zero-order valence-corrected chi connectivity index (χ0v) is 12.8. The van der Waals surface area contributed by atoms with E-state index in [1.807, 2.05) is 0 Å². The molecule has 0 aromatic rings. The number of carbonyl (C=O) groups is 3. The average molecular weight is 288 g/mol. The first-order valence-electron chi connectivity index (χ1n) is 6.65. The van der Waals surface area contributed by atoms with E-state index in [0.717, 1.165) is 0 Å². The Bertz CT molecular complexity index is 339. The fourth-order valence-corrected chi connectivity index (χ4v) is 1.59. The zero-order valence-electron chi connectivity index (χ0n) is 12.8. The van der Waals surface area contributed by atoms with E-state index in [1.165, 1.54) is 14.0 Å².